The molecule has 3 aromatic rings. The lowest BCUT2D eigenvalue weighted by Crippen LogP contribution is -2.40. The molecular formula is C21H20N2O6S. The van der Waals surface area contributed by atoms with Crippen molar-refractivity contribution >= 4 is 27.9 Å². The molecule has 4 atom stereocenters. The van der Waals surface area contributed by atoms with Crippen molar-refractivity contribution in [2.45, 2.75) is 44.2 Å². The summed E-state index contributed by atoms with van der Waals surface area (Å²) in [5.74, 6) is -1.22. The molecular weight excluding hydrogens is 408 g/mol. The molecule has 2 saturated heterocycles. The van der Waals surface area contributed by atoms with Crippen molar-refractivity contribution in [1.82, 2.24) is 9.38 Å². The van der Waals surface area contributed by atoms with E-state index in [1.807, 2.05) is 18.2 Å². The van der Waals surface area contributed by atoms with Gasteiger partial charge >= 0.3 is 0 Å². The fraction of sp³-hybridized carbons (Fsp3) is 0.381. The molecule has 2 aliphatic heterocycles. The van der Waals surface area contributed by atoms with Gasteiger partial charge in [0.25, 0.3) is 0 Å². The third-order valence-electron chi connectivity index (χ3n) is 5.24. The number of thiazole rings is 1. The van der Waals surface area contributed by atoms with Crippen molar-refractivity contribution in [3.8, 4) is 0 Å². The number of methoxy groups -OCH3 is 1. The predicted octanol–water partition coefficient (Wildman–Crippen LogP) is 2.70. The van der Waals surface area contributed by atoms with E-state index >= 15 is 0 Å². The normalized spacial score (nSPS) is 27.4. The fourth-order valence-corrected chi connectivity index (χ4v) is 4.82. The summed E-state index contributed by atoms with van der Waals surface area (Å²) in [6.45, 7) is 3.57. The van der Waals surface area contributed by atoms with Crippen LogP contribution in [-0.2, 0) is 18.9 Å². The van der Waals surface area contributed by atoms with Gasteiger partial charge in [0.2, 0.25) is 11.6 Å². The van der Waals surface area contributed by atoms with Gasteiger partial charge in [-0.2, -0.15) is 0 Å². The van der Waals surface area contributed by atoms with E-state index in [1.165, 1.54) is 24.6 Å². The monoisotopic (exact) mass is 428 g/mol. The molecule has 4 heterocycles. The molecule has 0 amide bonds. The zero-order chi connectivity index (χ0) is 21.0. The van der Waals surface area contributed by atoms with E-state index in [0.29, 0.717) is 21.1 Å². The Hall–Kier alpha value is -2.43. The van der Waals surface area contributed by atoms with Gasteiger partial charge in [-0.15, -0.1) is 0 Å². The van der Waals surface area contributed by atoms with E-state index in [4.69, 9.17) is 18.9 Å². The Balaban J connectivity index is 1.43. The van der Waals surface area contributed by atoms with Gasteiger partial charge < -0.3 is 18.9 Å². The lowest BCUT2D eigenvalue weighted by atomic mass is 10.1. The first-order valence-corrected chi connectivity index (χ1v) is 10.3. The first-order chi connectivity index (χ1) is 14.4. The molecule has 5 rings (SSSR count). The molecule has 2 aliphatic rings. The number of benzene rings is 1. The summed E-state index contributed by atoms with van der Waals surface area (Å²) in [6, 6.07) is 8.99. The van der Waals surface area contributed by atoms with E-state index < -0.39 is 30.4 Å². The maximum atomic E-state index is 13.3. The minimum absolute atomic E-state index is 0.116. The first-order valence-electron chi connectivity index (χ1n) is 9.53. The lowest BCUT2D eigenvalue weighted by molar-refractivity contribution is -0.210. The molecule has 2 fully saturated rings. The number of hydrogen-bond donors (Lipinski definition) is 0. The molecule has 0 unspecified atom stereocenters. The molecule has 0 N–H and O–H groups in total. The van der Waals surface area contributed by atoms with E-state index in [0.717, 1.165) is 0 Å². The number of fused-ring (bicyclic) bond motifs is 2. The Kier molecular flexibility index (Phi) is 4.60. The quantitative estimate of drug-likeness (QED) is 0.578. The lowest BCUT2D eigenvalue weighted by Gasteiger charge is -2.24. The molecule has 0 saturated carbocycles. The van der Waals surface area contributed by atoms with Gasteiger partial charge in [-0.1, -0.05) is 41.7 Å². The van der Waals surface area contributed by atoms with Crippen LogP contribution in [0.2, 0.25) is 0 Å². The van der Waals surface area contributed by atoms with Crippen molar-refractivity contribution in [3.05, 3.63) is 58.9 Å². The van der Waals surface area contributed by atoms with E-state index in [-0.39, 0.29) is 11.6 Å². The van der Waals surface area contributed by atoms with Gasteiger partial charge in [0.1, 0.15) is 17.9 Å². The number of hydrogen-bond acceptors (Lipinski definition) is 8. The highest BCUT2D eigenvalue weighted by Gasteiger charge is 2.57. The standard InChI is InChI=1S/C21H20N2O6S/c1-21(2)28-18-17(26-3)16(27-19(18)29-21)15(25)12-9-22-20-23(12)10-13(30-20)14(24)11-7-5-4-6-8-11/h4-10,16-19H,1-3H3/t16-,17+,18-,19-/m1/s1. The van der Waals surface area contributed by atoms with Crippen LogP contribution in [0.1, 0.15) is 39.6 Å². The minimum atomic E-state index is -0.894. The van der Waals surface area contributed by atoms with Crippen LogP contribution >= 0.6 is 11.3 Å². The first kappa shape index (κ1) is 19.5. The van der Waals surface area contributed by atoms with Crippen molar-refractivity contribution in [1.29, 1.82) is 0 Å². The van der Waals surface area contributed by atoms with Crippen LogP contribution in [-0.4, -0.2) is 58.4 Å². The third-order valence-corrected chi connectivity index (χ3v) is 6.24. The number of nitrogens with zero attached hydrogens (tertiary/aromatic N) is 2. The number of carbonyl (C=O) groups is 2. The summed E-state index contributed by atoms with van der Waals surface area (Å²) in [4.78, 5) is 31.4. The Morgan fingerprint density at radius 2 is 1.97 bits per heavy atom. The molecule has 2 aromatic heterocycles. The molecule has 8 nitrogen and oxygen atoms in total. The molecule has 0 spiro atoms. The summed E-state index contributed by atoms with van der Waals surface area (Å²) < 4.78 is 24.6. The van der Waals surface area contributed by atoms with Gasteiger partial charge in [0.05, 0.1) is 11.1 Å². The molecule has 156 valence electrons. The zero-order valence-electron chi connectivity index (χ0n) is 16.6. The number of aromatic nitrogens is 2. The van der Waals surface area contributed by atoms with Gasteiger partial charge in [-0.3, -0.25) is 14.0 Å². The fourth-order valence-electron chi connectivity index (χ4n) is 3.90. The highest BCUT2D eigenvalue weighted by molar-refractivity contribution is 7.19. The smallest absolute Gasteiger partial charge is 0.212 e. The van der Waals surface area contributed by atoms with Gasteiger partial charge in [-0.25, -0.2) is 4.98 Å². The summed E-state index contributed by atoms with van der Waals surface area (Å²) >= 11 is 1.23. The number of ether oxygens (including phenoxy) is 4. The van der Waals surface area contributed by atoms with Crippen LogP contribution in [0, 0.1) is 0 Å². The Morgan fingerprint density at radius 3 is 2.70 bits per heavy atom. The summed E-state index contributed by atoms with van der Waals surface area (Å²) in [5.41, 5.74) is 0.901. The molecule has 1 aromatic carbocycles. The molecule has 0 bridgehead atoms. The Labute approximate surface area is 176 Å². The number of Topliss-reactive ketones (excluding diaryl/α,β-unsaturated/α-hetero) is 1. The second kappa shape index (κ2) is 7.07. The number of ketones is 2. The van der Waals surface area contributed by atoms with Crippen molar-refractivity contribution < 1.29 is 28.5 Å². The predicted molar refractivity (Wildman–Crippen MR) is 107 cm³/mol. The average molecular weight is 428 g/mol. The topological polar surface area (TPSA) is 88.4 Å². The molecule has 9 heteroatoms. The Morgan fingerprint density at radius 1 is 1.20 bits per heavy atom. The van der Waals surface area contributed by atoms with Crippen molar-refractivity contribution in [2.75, 3.05) is 7.11 Å². The molecule has 30 heavy (non-hydrogen) atoms. The molecule has 0 aliphatic carbocycles. The van der Waals surface area contributed by atoms with Gasteiger partial charge in [-0.05, 0) is 13.8 Å². The van der Waals surface area contributed by atoms with Gasteiger partial charge in [0.15, 0.2) is 23.1 Å². The van der Waals surface area contributed by atoms with Crippen LogP contribution in [0.15, 0.2) is 42.7 Å². The second-order valence-corrected chi connectivity index (χ2v) is 8.69. The van der Waals surface area contributed by atoms with Crippen LogP contribution in [0.25, 0.3) is 4.96 Å². The van der Waals surface area contributed by atoms with Crippen LogP contribution in [0.3, 0.4) is 0 Å². The SMILES string of the molecule is CO[C@@H]1[C@H]2OC(C)(C)O[C@H]2O[C@@H]1C(=O)c1cnc2sc(C(=O)c3ccccc3)cn12. The number of carbonyl (C=O) groups excluding carboxylic acids is 2. The zero-order valence-corrected chi connectivity index (χ0v) is 17.4. The van der Waals surface area contributed by atoms with Crippen LogP contribution in [0.4, 0.5) is 0 Å². The third kappa shape index (κ3) is 3.10. The van der Waals surface area contributed by atoms with Crippen LogP contribution < -0.4 is 0 Å². The summed E-state index contributed by atoms with van der Waals surface area (Å²) in [5, 5.41) is 0. The van der Waals surface area contributed by atoms with Crippen molar-refractivity contribution in [2.24, 2.45) is 0 Å². The maximum Gasteiger partial charge on any atom is 0.212 e. The van der Waals surface area contributed by atoms with Gasteiger partial charge in [0, 0.05) is 18.9 Å². The second-order valence-electron chi connectivity index (χ2n) is 7.68. The van der Waals surface area contributed by atoms with E-state index in [9.17, 15) is 9.59 Å². The maximum absolute atomic E-state index is 13.3. The largest absolute Gasteiger partial charge is 0.375 e. The van der Waals surface area contributed by atoms with E-state index in [1.54, 1.807) is 36.6 Å². The van der Waals surface area contributed by atoms with E-state index in [2.05, 4.69) is 4.98 Å². The minimum Gasteiger partial charge on any atom is -0.375 e. The highest BCUT2D eigenvalue weighted by Crippen LogP contribution is 2.39. The molecule has 0 radical (unpaired) electrons. The summed E-state index contributed by atoms with van der Waals surface area (Å²) in [6.07, 6.45) is 0.442. The number of imidazole rings is 1. The number of rotatable bonds is 5. The Bertz CT molecular complexity index is 1120. The average Bonchev–Trinajstić information content (AvgIpc) is 3.45. The highest BCUT2D eigenvalue weighted by atomic mass is 32.1. The summed E-state index contributed by atoms with van der Waals surface area (Å²) in [7, 11) is 1.51. The van der Waals surface area contributed by atoms with Crippen molar-refractivity contribution in [3.63, 3.8) is 0 Å². The van der Waals surface area contributed by atoms with Crippen LogP contribution in [0.5, 0.6) is 0 Å².